The van der Waals surface area contributed by atoms with Crippen LogP contribution in [0.2, 0.25) is 0 Å². The van der Waals surface area contributed by atoms with Crippen LogP contribution in [0.3, 0.4) is 0 Å². The SMILES string of the molecule is COc1ccc2oc(-c3ccccc3)c([C@@H]3C[C@H]3NC(=O)C3CC3)c2c1. The van der Waals surface area contributed by atoms with Crippen LogP contribution in [0.5, 0.6) is 5.75 Å². The van der Waals surface area contributed by atoms with Crippen LogP contribution in [0, 0.1) is 5.92 Å². The highest BCUT2D eigenvalue weighted by Gasteiger charge is 2.45. The van der Waals surface area contributed by atoms with Crippen LogP contribution in [0.4, 0.5) is 0 Å². The van der Waals surface area contributed by atoms with Crippen molar-refractivity contribution in [3.8, 4) is 17.1 Å². The highest BCUT2D eigenvalue weighted by atomic mass is 16.5. The maximum absolute atomic E-state index is 12.1. The third-order valence-electron chi connectivity index (χ3n) is 5.41. The van der Waals surface area contributed by atoms with Crippen molar-refractivity contribution in [1.82, 2.24) is 5.32 Å². The number of carbonyl (C=O) groups excluding carboxylic acids is 1. The van der Waals surface area contributed by atoms with Crippen molar-refractivity contribution in [3.63, 3.8) is 0 Å². The zero-order chi connectivity index (χ0) is 17.7. The van der Waals surface area contributed by atoms with E-state index in [1.54, 1.807) is 7.11 Å². The van der Waals surface area contributed by atoms with Crippen LogP contribution >= 0.6 is 0 Å². The van der Waals surface area contributed by atoms with E-state index in [0.717, 1.165) is 47.3 Å². The summed E-state index contributed by atoms with van der Waals surface area (Å²) in [6.07, 6.45) is 3.03. The lowest BCUT2D eigenvalue weighted by Crippen LogP contribution is -2.27. The van der Waals surface area contributed by atoms with Gasteiger partial charge >= 0.3 is 0 Å². The summed E-state index contributed by atoms with van der Waals surface area (Å²) in [5.74, 6) is 2.47. The number of amides is 1. The van der Waals surface area contributed by atoms with Crippen molar-refractivity contribution < 1.29 is 13.9 Å². The van der Waals surface area contributed by atoms with E-state index < -0.39 is 0 Å². The average molecular weight is 347 g/mol. The van der Waals surface area contributed by atoms with Gasteiger partial charge in [0, 0.05) is 34.4 Å². The van der Waals surface area contributed by atoms with Gasteiger partial charge in [-0.05, 0) is 37.5 Å². The number of benzene rings is 2. The smallest absolute Gasteiger partial charge is 0.223 e. The van der Waals surface area contributed by atoms with Crippen molar-refractivity contribution in [3.05, 3.63) is 54.1 Å². The summed E-state index contributed by atoms with van der Waals surface area (Å²) in [5.41, 5.74) is 3.11. The van der Waals surface area contributed by atoms with Gasteiger partial charge in [0.05, 0.1) is 7.11 Å². The summed E-state index contributed by atoms with van der Waals surface area (Å²) >= 11 is 0. The zero-order valence-corrected chi connectivity index (χ0v) is 14.7. The third-order valence-corrected chi connectivity index (χ3v) is 5.41. The lowest BCUT2D eigenvalue weighted by Gasteiger charge is -2.06. The van der Waals surface area contributed by atoms with Crippen LogP contribution in [0.1, 0.15) is 30.7 Å². The summed E-state index contributed by atoms with van der Waals surface area (Å²) in [4.78, 5) is 12.1. The number of hydrogen-bond acceptors (Lipinski definition) is 3. The lowest BCUT2D eigenvalue weighted by molar-refractivity contribution is -0.122. The first-order chi connectivity index (χ1) is 12.7. The van der Waals surface area contributed by atoms with E-state index in [0.29, 0.717) is 5.92 Å². The van der Waals surface area contributed by atoms with Crippen molar-refractivity contribution in [1.29, 1.82) is 0 Å². The molecule has 0 radical (unpaired) electrons. The second-order valence-corrected chi connectivity index (χ2v) is 7.30. The van der Waals surface area contributed by atoms with Gasteiger partial charge in [-0.15, -0.1) is 0 Å². The summed E-state index contributed by atoms with van der Waals surface area (Å²) in [6, 6.07) is 16.3. The minimum absolute atomic E-state index is 0.206. The first kappa shape index (κ1) is 15.5. The van der Waals surface area contributed by atoms with E-state index >= 15 is 0 Å². The molecule has 2 aromatic carbocycles. The van der Waals surface area contributed by atoms with Gasteiger partial charge in [-0.3, -0.25) is 4.79 Å². The first-order valence-electron chi connectivity index (χ1n) is 9.21. The fraction of sp³-hybridized carbons (Fsp3) is 0.318. The molecule has 26 heavy (non-hydrogen) atoms. The Hall–Kier alpha value is -2.75. The Kier molecular flexibility index (Phi) is 3.52. The summed E-state index contributed by atoms with van der Waals surface area (Å²) in [5, 5.41) is 4.29. The molecule has 1 heterocycles. The number of hydrogen-bond donors (Lipinski definition) is 1. The quantitative estimate of drug-likeness (QED) is 0.740. The molecule has 2 aliphatic rings. The summed E-state index contributed by atoms with van der Waals surface area (Å²) in [6.45, 7) is 0. The number of carbonyl (C=O) groups is 1. The summed E-state index contributed by atoms with van der Waals surface area (Å²) < 4.78 is 11.6. The van der Waals surface area contributed by atoms with Crippen molar-refractivity contribution in [2.24, 2.45) is 5.92 Å². The van der Waals surface area contributed by atoms with Gasteiger partial charge in [0.2, 0.25) is 5.91 Å². The molecule has 5 rings (SSSR count). The van der Waals surface area contributed by atoms with Gasteiger partial charge < -0.3 is 14.5 Å². The number of methoxy groups -OCH3 is 1. The topological polar surface area (TPSA) is 51.5 Å². The molecule has 1 aromatic heterocycles. The number of ether oxygens (including phenoxy) is 1. The van der Waals surface area contributed by atoms with E-state index in [2.05, 4.69) is 17.4 Å². The Morgan fingerprint density at radius 3 is 2.69 bits per heavy atom. The van der Waals surface area contributed by atoms with Gasteiger partial charge in [-0.2, -0.15) is 0 Å². The maximum atomic E-state index is 12.1. The largest absolute Gasteiger partial charge is 0.497 e. The molecular formula is C22H21NO3. The van der Waals surface area contributed by atoms with Crippen LogP contribution < -0.4 is 10.1 Å². The van der Waals surface area contributed by atoms with Crippen LogP contribution in [-0.2, 0) is 4.79 Å². The molecule has 0 spiro atoms. The fourth-order valence-corrected chi connectivity index (χ4v) is 3.71. The third kappa shape index (κ3) is 2.66. The van der Waals surface area contributed by atoms with Gasteiger partial charge in [0.1, 0.15) is 17.1 Å². The second kappa shape index (κ2) is 5.90. The molecule has 3 aromatic rings. The number of nitrogens with one attached hydrogen (secondary N) is 1. The van der Waals surface area contributed by atoms with Crippen LogP contribution in [0.15, 0.2) is 52.9 Å². The summed E-state index contributed by atoms with van der Waals surface area (Å²) in [7, 11) is 1.68. The number of furan rings is 1. The van der Waals surface area contributed by atoms with E-state index in [1.807, 2.05) is 36.4 Å². The zero-order valence-electron chi connectivity index (χ0n) is 14.7. The van der Waals surface area contributed by atoms with Gasteiger partial charge in [0.25, 0.3) is 0 Å². The van der Waals surface area contributed by atoms with Gasteiger partial charge in [0.15, 0.2) is 0 Å². The van der Waals surface area contributed by atoms with E-state index in [4.69, 9.17) is 9.15 Å². The Labute approximate surface area is 152 Å². The second-order valence-electron chi connectivity index (χ2n) is 7.30. The lowest BCUT2D eigenvalue weighted by atomic mass is 10.0. The van der Waals surface area contributed by atoms with E-state index in [-0.39, 0.29) is 17.9 Å². The molecule has 0 aliphatic heterocycles. The predicted molar refractivity (Wildman–Crippen MR) is 100 cm³/mol. The Balaban J connectivity index is 1.56. The van der Waals surface area contributed by atoms with Gasteiger partial charge in [-0.1, -0.05) is 30.3 Å². The molecule has 2 saturated carbocycles. The molecule has 2 aliphatic carbocycles. The molecular weight excluding hydrogens is 326 g/mol. The minimum atomic E-state index is 0.206. The predicted octanol–water partition coefficient (Wildman–Crippen LogP) is 4.49. The molecule has 4 nitrogen and oxygen atoms in total. The average Bonchev–Trinajstić information content (AvgIpc) is 3.60. The Bertz CT molecular complexity index is 972. The van der Waals surface area contributed by atoms with E-state index in [9.17, 15) is 4.79 Å². The minimum Gasteiger partial charge on any atom is -0.497 e. The maximum Gasteiger partial charge on any atom is 0.223 e. The standard InChI is InChI=1S/C22H21NO3/c1-25-15-9-10-19-17(11-15)20(21(26-19)13-5-3-2-4-6-13)16-12-18(16)23-22(24)14-7-8-14/h2-6,9-11,14,16,18H,7-8,12H2,1H3,(H,23,24)/t16-,18-/m1/s1. The normalized spacial score (nSPS) is 21.6. The molecule has 2 fully saturated rings. The number of fused-ring (bicyclic) bond motifs is 1. The first-order valence-corrected chi connectivity index (χ1v) is 9.21. The van der Waals surface area contributed by atoms with Crippen molar-refractivity contribution in [2.75, 3.05) is 7.11 Å². The molecule has 4 heteroatoms. The molecule has 1 N–H and O–H groups in total. The van der Waals surface area contributed by atoms with Gasteiger partial charge in [-0.25, -0.2) is 0 Å². The van der Waals surface area contributed by atoms with Crippen LogP contribution in [-0.4, -0.2) is 19.1 Å². The fourth-order valence-electron chi connectivity index (χ4n) is 3.71. The highest BCUT2D eigenvalue weighted by Crippen LogP contribution is 2.50. The number of rotatable bonds is 5. The van der Waals surface area contributed by atoms with Crippen molar-refractivity contribution >= 4 is 16.9 Å². The molecule has 0 bridgehead atoms. The molecule has 2 atom stereocenters. The Morgan fingerprint density at radius 2 is 1.96 bits per heavy atom. The van der Waals surface area contributed by atoms with Crippen LogP contribution in [0.25, 0.3) is 22.3 Å². The molecule has 132 valence electrons. The molecule has 0 unspecified atom stereocenters. The highest BCUT2D eigenvalue weighted by molar-refractivity contribution is 5.91. The van der Waals surface area contributed by atoms with E-state index in [1.165, 1.54) is 5.56 Å². The Morgan fingerprint density at radius 1 is 1.15 bits per heavy atom. The van der Waals surface area contributed by atoms with Crippen molar-refractivity contribution in [2.45, 2.75) is 31.2 Å². The monoisotopic (exact) mass is 347 g/mol. The molecule has 1 amide bonds. The molecule has 0 saturated heterocycles.